The summed E-state index contributed by atoms with van der Waals surface area (Å²) in [7, 11) is 0.0376. The fourth-order valence-electron chi connectivity index (χ4n) is 2.15. The molecule has 1 atom stereocenters. The normalized spacial score (nSPS) is 13.0. The van der Waals surface area contributed by atoms with Gasteiger partial charge in [-0.25, -0.2) is 4.98 Å². The Morgan fingerprint density at radius 1 is 0.944 bits per heavy atom. The number of aromatic nitrogens is 1. The van der Waals surface area contributed by atoms with Crippen molar-refractivity contribution in [2.75, 3.05) is 6.26 Å². The fraction of sp³-hybridized carbons (Fsp3) is 0.125. The summed E-state index contributed by atoms with van der Waals surface area (Å²) in [6, 6.07) is 15.1. The SMILES string of the molecule is C=S(C)c1ccc2cc3cc(C)ccc3nc2c1. The Morgan fingerprint density at radius 3 is 2.56 bits per heavy atom. The van der Waals surface area contributed by atoms with Crippen molar-refractivity contribution in [3.05, 3.63) is 48.0 Å². The molecule has 1 nitrogen and oxygen atoms in total. The van der Waals surface area contributed by atoms with Crippen LogP contribution in [0.1, 0.15) is 5.56 Å². The highest BCUT2D eigenvalue weighted by Crippen LogP contribution is 2.26. The average Bonchev–Trinajstić information content (AvgIpc) is 2.35. The number of aryl methyl sites for hydroxylation is 1. The molecule has 0 aliphatic carbocycles. The molecule has 1 aromatic heterocycles. The van der Waals surface area contributed by atoms with Gasteiger partial charge >= 0.3 is 0 Å². The average molecular weight is 253 g/mol. The highest BCUT2D eigenvalue weighted by atomic mass is 32.2. The monoisotopic (exact) mass is 253 g/mol. The third-order valence-electron chi connectivity index (χ3n) is 3.14. The molecule has 90 valence electrons. The van der Waals surface area contributed by atoms with Gasteiger partial charge in [0.05, 0.1) is 11.0 Å². The minimum Gasteiger partial charge on any atom is -0.248 e. The van der Waals surface area contributed by atoms with Crippen molar-refractivity contribution < 1.29 is 0 Å². The summed E-state index contributed by atoms with van der Waals surface area (Å²) in [5.41, 5.74) is 3.39. The van der Waals surface area contributed by atoms with Gasteiger partial charge in [0.1, 0.15) is 0 Å². The van der Waals surface area contributed by atoms with Gasteiger partial charge in [0, 0.05) is 15.7 Å². The minimum atomic E-state index is 0.0376. The molecule has 3 aromatic rings. The van der Waals surface area contributed by atoms with Gasteiger partial charge in [-0.3, -0.25) is 0 Å². The predicted octanol–water partition coefficient (Wildman–Crippen LogP) is 4.39. The summed E-state index contributed by atoms with van der Waals surface area (Å²) in [5, 5.41) is 2.41. The Morgan fingerprint density at radius 2 is 1.78 bits per heavy atom. The summed E-state index contributed by atoms with van der Waals surface area (Å²) >= 11 is 0. The van der Waals surface area contributed by atoms with Gasteiger partial charge < -0.3 is 0 Å². The molecule has 0 bridgehead atoms. The first kappa shape index (κ1) is 11.4. The van der Waals surface area contributed by atoms with E-state index in [1.54, 1.807) is 0 Å². The van der Waals surface area contributed by atoms with E-state index in [2.05, 4.69) is 61.5 Å². The maximum absolute atomic E-state index is 4.74. The molecule has 2 heteroatoms. The number of hydrogen-bond donors (Lipinski definition) is 0. The van der Waals surface area contributed by atoms with E-state index in [4.69, 9.17) is 4.98 Å². The maximum atomic E-state index is 4.74. The van der Waals surface area contributed by atoms with Crippen LogP contribution in [-0.4, -0.2) is 17.1 Å². The number of benzene rings is 2. The molecule has 0 saturated carbocycles. The predicted molar refractivity (Wildman–Crippen MR) is 82.9 cm³/mol. The van der Waals surface area contributed by atoms with Crippen molar-refractivity contribution >= 4 is 38.2 Å². The summed E-state index contributed by atoms with van der Waals surface area (Å²) < 4.78 is 0. The zero-order chi connectivity index (χ0) is 12.7. The smallest absolute Gasteiger partial charge is 0.0720 e. The molecule has 1 unspecified atom stereocenters. The second kappa shape index (κ2) is 4.21. The van der Waals surface area contributed by atoms with Crippen LogP contribution in [0.15, 0.2) is 47.4 Å². The second-order valence-electron chi connectivity index (χ2n) is 4.68. The largest absolute Gasteiger partial charge is 0.248 e. The van der Waals surface area contributed by atoms with Crippen molar-refractivity contribution in [3.8, 4) is 0 Å². The van der Waals surface area contributed by atoms with Crippen molar-refractivity contribution in [2.45, 2.75) is 11.8 Å². The lowest BCUT2D eigenvalue weighted by atomic mass is 10.1. The number of hydrogen-bond acceptors (Lipinski definition) is 1. The van der Waals surface area contributed by atoms with Gasteiger partial charge in [0.25, 0.3) is 0 Å². The van der Waals surface area contributed by atoms with Gasteiger partial charge in [-0.05, 0) is 43.5 Å². The molecule has 0 amide bonds. The van der Waals surface area contributed by atoms with Gasteiger partial charge in [-0.2, -0.15) is 10.5 Å². The number of nitrogens with zero attached hydrogens (tertiary/aromatic N) is 1. The molecule has 2 aromatic carbocycles. The maximum Gasteiger partial charge on any atom is 0.0720 e. The van der Waals surface area contributed by atoms with E-state index in [9.17, 15) is 0 Å². The molecule has 0 fully saturated rings. The molecule has 3 rings (SSSR count). The van der Waals surface area contributed by atoms with Crippen LogP contribution in [0.3, 0.4) is 0 Å². The van der Waals surface area contributed by atoms with Crippen LogP contribution in [-0.2, 0) is 0 Å². The van der Waals surface area contributed by atoms with Crippen molar-refractivity contribution in [2.24, 2.45) is 0 Å². The molecular formula is C16H15NS. The van der Waals surface area contributed by atoms with E-state index in [0.29, 0.717) is 0 Å². The molecule has 0 saturated heterocycles. The van der Waals surface area contributed by atoms with E-state index < -0.39 is 0 Å². The number of fused-ring (bicyclic) bond motifs is 2. The Kier molecular flexibility index (Phi) is 2.67. The topological polar surface area (TPSA) is 12.9 Å². The summed E-state index contributed by atoms with van der Waals surface area (Å²) in [6.45, 7) is 2.11. The Bertz CT molecular complexity index is 774. The molecule has 0 spiro atoms. The Hall–Kier alpha value is -1.67. The number of rotatable bonds is 1. The van der Waals surface area contributed by atoms with E-state index in [1.165, 1.54) is 21.2 Å². The highest BCUT2D eigenvalue weighted by molar-refractivity contribution is 8.13. The van der Waals surface area contributed by atoms with Crippen LogP contribution >= 0.6 is 10.5 Å². The van der Waals surface area contributed by atoms with Gasteiger partial charge in [-0.1, -0.05) is 23.6 Å². The fourth-order valence-corrected chi connectivity index (χ4v) is 2.76. The lowest BCUT2D eigenvalue weighted by Gasteiger charge is -2.05. The van der Waals surface area contributed by atoms with Crippen LogP contribution in [0.2, 0.25) is 0 Å². The van der Waals surface area contributed by atoms with E-state index in [1.807, 2.05) is 0 Å². The third kappa shape index (κ3) is 1.93. The molecule has 0 radical (unpaired) electrons. The van der Waals surface area contributed by atoms with Crippen molar-refractivity contribution in [3.63, 3.8) is 0 Å². The van der Waals surface area contributed by atoms with Crippen LogP contribution in [0, 0.1) is 6.92 Å². The molecular weight excluding hydrogens is 238 g/mol. The quantitative estimate of drug-likeness (QED) is 0.463. The van der Waals surface area contributed by atoms with Crippen LogP contribution in [0.25, 0.3) is 21.8 Å². The second-order valence-corrected chi connectivity index (χ2v) is 6.42. The summed E-state index contributed by atoms with van der Waals surface area (Å²) in [6.07, 6.45) is 2.13. The lowest BCUT2D eigenvalue weighted by Crippen LogP contribution is -1.84. The molecule has 18 heavy (non-hydrogen) atoms. The van der Waals surface area contributed by atoms with E-state index in [-0.39, 0.29) is 10.5 Å². The molecule has 0 aliphatic rings. The van der Waals surface area contributed by atoms with Gasteiger partial charge in [0.15, 0.2) is 0 Å². The molecule has 1 heterocycles. The van der Waals surface area contributed by atoms with Gasteiger partial charge in [-0.15, -0.1) is 0 Å². The Balaban J connectivity index is 2.34. The first-order valence-electron chi connectivity index (χ1n) is 5.90. The van der Waals surface area contributed by atoms with Gasteiger partial charge in [0.2, 0.25) is 0 Å². The zero-order valence-corrected chi connectivity index (χ0v) is 11.4. The standard InChI is InChI=1S/C16H15NS/c1-11-4-7-15-13(8-11)9-12-5-6-14(18(2)3)10-16(12)17-15/h4-10H,2H2,1,3H3. The number of pyridine rings is 1. The highest BCUT2D eigenvalue weighted by Gasteiger charge is 2.01. The summed E-state index contributed by atoms with van der Waals surface area (Å²) in [5.74, 6) is 4.09. The van der Waals surface area contributed by atoms with Crippen LogP contribution < -0.4 is 0 Å². The third-order valence-corrected chi connectivity index (χ3v) is 4.20. The molecule has 0 N–H and O–H groups in total. The summed E-state index contributed by atoms with van der Waals surface area (Å²) in [4.78, 5) is 6.00. The first-order chi connectivity index (χ1) is 8.63. The zero-order valence-electron chi connectivity index (χ0n) is 10.6. The first-order valence-corrected chi connectivity index (χ1v) is 7.70. The van der Waals surface area contributed by atoms with E-state index in [0.717, 1.165) is 11.0 Å². The molecule has 0 aliphatic heterocycles. The Labute approximate surface area is 109 Å². The van der Waals surface area contributed by atoms with Crippen LogP contribution in [0.5, 0.6) is 0 Å². The minimum absolute atomic E-state index is 0.0376. The van der Waals surface area contributed by atoms with E-state index >= 15 is 0 Å². The van der Waals surface area contributed by atoms with Crippen molar-refractivity contribution in [1.82, 2.24) is 4.98 Å². The lowest BCUT2D eigenvalue weighted by molar-refractivity contribution is 1.42. The van der Waals surface area contributed by atoms with Crippen LogP contribution in [0.4, 0.5) is 0 Å². The van der Waals surface area contributed by atoms with Crippen molar-refractivity contribution in [1.29, 1.82) is 0 Å².